The average Bonchev–Trinajstić information content (AvgIpc) is 3.44. The molecule has 25 heavy (non-hydrogen) atoms. The molecule has 0 bridgehead atoms. The van der Waals surface area contributed by atoms with E-state index in [1.54, 1.807) is 44.9 Å². The molecule has 0 aromatic heterocycles. The molecule has 0 amide bonds. The number of rotatable bonds is 14. The second-order valence-electron chi connectivity index (χ2n) is 10.4. The van der Waals surface area contributed by atoms with Gasteiger partial charge < -0.3 is 0 Å². The van der Waals surface area contributed by atoms with Gasteiger partial charge in [-0.25, -0.2) is 0 Å². The standard InChI is InChI=1S/C25H46/c1-4-7-8-9-10-13-22-16-23(22)18-25-17-21(15-24(25)19-25)14-20(11-5-2)12-6-3/h20-24H,4-19H2,1-3H3. The summed E-state index contributed by atoms with van der Waals surface area (Å²) in [6, 6.07) is 0. The van der Waals surface area contributed by atoms with Crippen molar-refractivity contribution < 1.29 is 0 Å². The first-order valence-corrected chi connectivity index (χ1v) is 12.2. The van der Waals surface area contributed by atoms with Gasteiger partial charge in [0.05, 0.1) is 0 Å². The van der Waals surface area contributed by atoms with Gasteiger partial charge in [0.2, 0.25) is 0 Å². The Kier molecular flexibility index (Phi) is 7.33. The van der Waals surface area contributed by atoms with Crippen LogP contribution in [0.3, 0.4) is 0 Å². The fourth-order valence-electron chi connectivity index (χ4n) is 6.70. The summed E-state index contributed by atoms with van der Waals surface area (Å²) in [5.74, 6) is 5.60. The van der Waals surface area contributed by atoms with E-state index < -0.39 is 0 Å². The quantitative estimate of drug-likeness (QED) is 0.277. The predicted octanol–water partition coefficient (Wildman–Crippen LogP) is 8.40. The molecule has 5 atom stereocenters. The lowest BCUT2D eigenvalue weighted by atomic mass is 9.83. The van der Waals surface area contributed by atoms with E-state index in [2.05, 4.69) is 20.8 Å². The number of unbranched alkanes of at least 4 members (excludes halogenated alkanes) is 4. The molecule has 0 aromatic carbocycles. The average molecular weight is 347 g/mol. The van der Waals surface area contributed by atoms with Crippen LogP contribution < -0.4 is 0 Å². The van der Waals surface area contributed by atoms with Crippen LogP contribution in [0, 0.1) is 35.0 Å². The fourth-order valence-corrected chi connectivity index (χ4v) is 6.70. The summed E-state index contributed by atoms with van der Waals surface area (Å²) in [7, 11) is 0. The Hall–Kier alpha value is 0. The van der Waals surface area contributed by atoms with Gasteiger partial charge in [-0.3, -0.25) is 0 Å². The lowest BCUT2D eigenvalue weighted by Crippen LogP contribution is -2.10. The van der Waals surface area contributed by atoms with Crippen LogP contribution in [0.1, 0.15) is 124 Å². The largest absolute Gasteiger partial charge is 0.0654 e. The summed E-state index contributed by atoms with van der Waals surface area (Å²) >= 11 is 0. The molecule has 3 saturated carbocycles. The van der Waals surface area contributed by atoms with E-state index in [0.717, 1.165) is 35.0 Å². The highest BCUT2D eigenvalue weighted by Crippen LogP contribution is 2.71. The maximum absolute atomic E-state index is 2.38. The Morgan fingerprint density at radius 1 is 0.800 bits per heavy atom. The topological polar surface area (TPSA) is 0 Å². The summed E-state index contributed by atoms with van der Waals surface area (Å²) in [5, 5.41) is 0. The third-order valence-corrected chi connectivity index (χ3v) is 8.15. The smallest absolute Gasteiger partial charge is 0.0261 e. The van der Waals surface area contributed by atoms with Crippen LogP contribution in [-0.4, -0.2) is 0 Å². The van der Waals surface area contributed by atoms with Crippen molar-refractivity contribution in [2.75, 3.05) is 0 Å². The zero-order valence-electron chi connectivity index (χ0n) is 17.7. The molecule has 0 heterocycles. The molecular formula is C25H46. The summed E-state index contributed by atoms with van der Waals surface area (Å²) in [5.41, 5.74) is 0.870. The van der Waals surface area contributed by atoms with Gasteiger partial charge in [0.15, 0.2) is 0 Å². The molecule has 0 N–H and O–H groups in total. The molecule has 0 radical (unpaired) electrons. The van der Waals surface area contributed by atoms with Gasteiger partial charge in [-0.15, -0.1) is 0 Å². The van der Waals surface area contributed by atoms with Crippen molar-refractivity contribution in [1.82, 2.24) is 0 Å². The Morgan fingerprint density at radius 2 is 1.56 bits per heavy atom. The SMILES string of the molecule is CCCCCCCC1CC1CC12CC(CC(CCC)CCC)CC1C2. The normalized spacial score (nSPS) is 36.0. The zero-order valence-corrected chi connectivity index (χ0v) is 17.7. The molecule has 3 fully saturated rings. The number of hydrogen-bond donors (Lipinski definition) is 0. The van der Waals surface area contributed by atoms with Crippen LogP contribution in [0.5, 0.6) is 0 Å². The molecule has 146 valence electrons. The van der Waals surface area contributed by atoms with Crippen LogP contribution in [-0.2, 0) is 0 Å². The molecule has 0 saturated heterocycles. The van der Waals surface area contributed by atoms with E-state index in [4.69, 9.17) is 0 Å². The Bertz CT molecular complexity index is 379. The molecule has 0 aromatic rings. The van der Waals surface area contributed by atoms with Crippen molar-refractivity contribution in [2.45, 2.75) is 124 Å². The van der Waals surface area contributed by atoms with E-state index in [0.29, 0.717) is 0 Å². The Morgan fingerprint density at radius 3 is 2.28 bits per heavy atom. The van der Waals surface area contributed by atoms with E-state index in [9.17, 15) is 0 Å². The first-order valence-electron chi connectivity index (χ1n) is 12.2. The maximum Gasteiger partial charge on any atom is -0.0261 e. The van der Waals surface area contributed by atoms with Gasteiger partial charge in [0.25, 0.3) is 0 Å². The summed E-state index contributed by atoms with van der Waals surface area (Å²) < 4.78 is 0. The van der Waals surface area contributed by atoms with Gasteiger partial charge in [0, 0.05) is 0 Å². The Balaban J connectivity index is 1.32. The molecule has 3 aliphatic rings. The van der Waals surface area contributed by atoms with Crippen LogP contribution >= 0.6 is 0 Å². The maximum atomic E-state index is 2.38. The first-order chi connectivity index (χ1) is 12.2. The minimum atomic E-state index is 0.870. The third kappa shape index (κ3) is 5.49. The van der Waals surface area contributed by atoms with Crippen molar-refractivity contribution in [1.29, 1.82) is 0 Å². The fraction of sp³-hybridized carbons (Fsp3) is 1.00. The van der Waals surface area contributed by atoms with Crippen molar-refractivity contribution in [3.8, 4) is 0 Å². The van der Waals surface area contributed by atoms with Crippen LogP contribution in [0.25, 0.3) is 0 Å². The summed E-state index contributed by atoms with van der Waals surface area (Å²) in [6.07, 6.45) is 24.4. The van der Waals surface area contributed by atoms with Crippen molar-refractivity contribution >= 4 is 0 Å². The van der Waals surface area contributed by atoms with Gasteiger partial charge in [-0.2, -0.15) is 0 Å². The van der Waals surface area contributed by atoms with Gasteiger partial charge in [-0.05, 0) is 73.5 Å². The molecule has 3 rings (SSSR count). The second-order valence-corrected chi connectivity index (χ2v) is 10.4. The van der Waals surface area contributed by atoms with Gasteiger partial charge in [0.1, 0.15) is 0 Å². The van der Waals surface area contributed by atoms with Gasteiger partial charge in [-0.1, -0.05) is 85.0 Å². The van der Waals surface area contributed by atoms with Crippen LogP contribution in [0.2, 0.25) is 0 Å². The first kappa shape index (κ1) is 19.8. The number of fused-ring (bicyclic) bond motifs is 1. The van der Waals surface area contributed by atoms with E-state index in [1.807, 2.05) is 0 Å². The molecule has 5 unspecified atom stereocenters. The minimum absolute atomic E-state index is 0.870. The highest BCUT2D eigenvalue weighted by Gasteiger charge is 2.61. The Labute approximate surface area is 158 Å². The minimum Gasteiger partial charge on any atom is -0.0654 e. The molecule has 0 aliphatic heterocycles. The summed E-state index contributed by atoms with van der Waals surface area (Å²) in [6.45, 7) is 7.08. The van der Waals surface area contributed by atoms with E-state index in [-0.39, 0.29) is 0 Å². The summed E-state index contributed by atoms with van der Waals surface area (Å²) in [4.78, 5) is 0. The van der Waals surface area contributed by atoms with Crippen molar-refractivity contribution in [2.24, 2.45) is 35.0 Å². The van der Waals surface area contributed by atoms with E-state index in [1.165, 1.54) is 57.8 Å². The molecule has 3 aliphatic carbocycles. The number of hydrogen-bond acceptors (Lipinski definition) is 0. The van der Waals surface area contributed by atoms with Crippen molar-refractivity contribution in [3.63, 3.8) is 0 Å². The molecular weight excluding hydrogens is 300 g/mol. The molecule has 0 nitrogen and oxygen atoms in total. The monoisotopic (exact) mass is 346 g/mol. The highest BCUT2D eigenvalue weighted by molar-refractivity contribution is 5.11. The van der Waals surface area contributed by atoms with Gasteiger partial charge >= 0.3 is 0 Å². The molecule has 0 heteroatoms. The van der Waals surface area contributed by atoms with Crippen LogP contribution in [0.4, 0.5) is 0 Å². The highest BCUT2D eigenvalue weighted by atomic mass is 14.7. The zero-order chi connectivity index (χ0) is 17.7. The molecule has 0 spiro atoms. The third-order valence-electron chi connectivity index (χ3n) is 8.15. The predicted molar refractivity (Wildman–Crippen MR) is 111 cm³/mol. The lowest BCUT2D eigenvalue weighted by molar-refractivity contribution is 0.292. The lowest BCUT2D eigenvalue weighted by Gasteiger charge is -2.22. The van der Waals surface area contributed by atoms with Crippen molar-refractivity contribution in [3.05, 3.63) is 0 Å². The van der Waals surface area contributed by atoms with E-state index >= 15 is 0 Å². The second kappa shape index (κ2) is 9.27. The van der Waals surface area contributed by atoms with Crippen LogP contribution in [0.15, 0.2) is 0 Å².